The van der Waals surface area contributed by atoms with Gasteiger partial charge in [-0.05, 0) is 73.5 Å². The maximum absolute atomic E-state index is 13.4. The van der Waals surface area contributed by atoms with Gasteiger partial charge in [-0.3, -0.25) is 9.78 Å². The summed E-state index contributed by atoms with van der Waals surface area (Å²) in [5.41, 5.74) is 5.24. The monoisotopic (exact) mass is 386 g/mol. The van der Waals surface area contributed by atoms with Crippen molar-refractivity contribution >= 4 is 11.6 Å². The van der Waals surface area contributed by atoms with E-state index in [1.54, 1.807) is 35.3 Å². The second-order valence-corrected chi connectivity index (χ2v) is 6.75. The van der Waals surface area contributed by atoms with Crippen molar-refractivity contribution < 1.29 is 9.18 Å². The van der Waals surface area contributed by atoms with E-state index in [0.717, 1.165) is 22.4 Å². The molecule has 0 aliphatic carbocycles. The van der Waals surface area contributed by atoms with E-state index in [4.69, 9.17) is 0 Å². The van der Waals surface area contributed by atoms with Gasteiger partial charge in [-0.25, -0.2) is 9.07 Å². The number of carbonyl (C=O) groups excluding carboxylic acids is 1. The first kappa shape index (κ1) is 18.6. The van der Waals surface area contributed by atoms with E-state index in [0.29, 0.717) is 11.4 Å². The first-order chi connectivity index (χ1) is 14.0. The molecule has 0 radical (unpaired) electrons. The standard InChI is InChI=1S/C23H19FN4O/c1-15-5-3-7-20(16(15)2)26-23(29)21-13-22(17-6-4-12-25-14-17)28(27-21)19-10-8-18(24)9-11-19/h3-14H,1-2H3,(H,26,29). The van der Waals surface area contributed by atoms with E-state index < -0.39 is 0 Å². The maximum atomic E-state index is 13.4. The van der Waals surface area contributed by atoms with Crippen LogP contribution in [0.25, 0.3) is 16.9 Å². The van der Waals surface area contributed by atoms with E-state index in [2.05, 4.69) is 15.4 Å². The molecule has 29 heavy (non-hydrogen) atoms. The molecule has 6 heteroatoms. The molecule has 1 N–H and O–H groups in total. The van der Waals surface area contributed by atoms with Crippen LogP contribution in [0, 0.1) is 19.7 Å². The Bertz CT molecular complexity index is 1170. The third-order valence-electron chi connectivity index (χ3n) is 4.82. The number of benzene rings is 2. The Balaban J connectivity index is 1.75. The third-order valence-corrected chi connectivity index (χ3v) is 4.82. The van der Waals surface area contributed by atoms with Gasteiger partial charge in [0.05, 0.1) is 11.4 Å². The fourth-order valence-electron chi connectivity index (χ4n) is 3.06. The zero-order valence-electron chi connectivity index (χ0n) is 16.1. The van der Waals surface area contributed by atoms with Gasteiger partial charge in [0.15, 0.2) is 5.69 Å². The lowest BCUT2D eigenvalue weighted by Crippen LogP contribution is -2.14. The van der Waals surface area contributed by atoms with Gasteiger partial charge in [0.25, 0.3) is 5.91 Å². The Morgan fingerprint density at radius 1 is 1.03 bits per heavy atom. The van der Waals surface area contributed by atoms with Gasteiger partial charge in [0.1, 0.15) is 5.82 Å². The van der Waals surface area contributed by atoms with Crippen LogP contribution >= 0.6 is 0 Å². The number of nitrogens with zero attached hydrogens (tertiary/aromatic N) is 3. The number of pyridine rings is 1. The number of aryl methyl sites for hydroxylation is 1. The highest BCUT2D eigenvalue weighted by molar-refractivity contribution is 6.04. The first-order valence-corrected chi connectivity index (χ1v) is 9.17. The topological polar surface area (TPSA) is 59.8 Å². The van der Waals surface area contributed by atoms with Gasteiger partial charge in [0, 0.05) is 23.6 Å². The summed E-state index contributed by atoms with van der Waals surface area (Å²) in [5, 5.41) is 7.42. The molecule has 144 valence electrons. The minimum Gasteiger partial charge on any atom is -0.320 e. The van der Waals surface area contributed by atoms with Crippen LogP contribution in [-0.2, 0) is 0 Å². The van der Waals surface area contributed by atoms with Crippen molar-refractivity contribution in [3.8, 4) is 16.9 Å². The zero-order chi connectivity index (χ0) is 20.4. The van der Waals surface area contributed by atoms with Crippen LogP contribution in [0.3, 0.4) is 0 Å². The van der Waals surface area contributed by atoms with E-state index in [-0.39, 0.29) is 17.4 Å². The van der Waals surface area contributed by atoms with E-state index in [1.165, 1.54) is 12.1 Å². The summed E-state index contributed by atoms with van der Waals surface area (Å²) in [6.07, 6.45) is 3.37. The number of hydrogen-bond acceptors (Lipinski definition) is 3. The fraction of sp³-hybridized carbons (Fsp3) is 0.0870. The second-order valence-electron chi connectivity index (χ2n) is 6.75. The Morgan fingerprint density at radius 2 is 1.83 bits per heavy atom. The highest BCUT2D eigenvalue weighted by Crippen LogP contribution is 2.25. The largest absolute Gasteiger partial charge is 0.320 e. The molecule has 0 atom stereocenters. The molecule has 0 spiro atoms. The number of aromatic nitrogens is 3. The Morgan fingerprint density at radius 3 is 2.55 bits per heavy atom. The number of hydrogen-bond donors (Lipinski definition) is 1. The SMILES string of the molecule is Cc1cccc(NC(=O)c2cc(-c3cccnc3)n(-c3ccc(F)cc3)n2)c1C. The molecule has 1 amide bonds. The summed E-state index contributed by atoms with van der Waals surface area (Å²) in [6, 6.07) is 17.1. The van der Waals surface area contributed by atoms with E-state index in [9.17, 15) is 9.18 Å². The van der Waals surface area contributed by atoms with Crippen LogP contribution in [0.5, 0.6) is 0 Å². The van der Waals surface area contributed by atoms with E-state index >= 15 is 0 Å². The molecule has 0 saturated heterocycles. The summed E-state index contributed by atoms with van der Waals surface area (Å²) in [7, 11) is 0. The number of amides is 1. The average molecular weight is 386 g/mol. The lowest BCUT2D eigenvalue weighted by atomic mass is 10.1. The molecule has 4 aromatic rings. The van der Waals surface area contributed by atoms with Gasteiger partial charge in [-0.1, -0.05) is 12.1 Å². The minimum absolute atomic E-state index is 0.258. The molecule has 2 aromatic heterocycles. The predicted molar refractivity (Wildman–Crippen MR) is 111 cm³/mol. The molecule has 0 aliphatic heterocycles. The molecular formula is C23H19FN4O. The highest BCUT2D eigenvalue weighted by atomic mass is 19.1. The molecule has 0 saturated carbocycles. The van der Waals surface area contributed by atoms with Gasteiger partial charge in [-0.15, -0.1) is 0 Å². The molecular weight excluding hydrogens is 367 g/mol. The van der Waals surface area contributed by atoms with Gasteiger partial charge in [-0.2, -0.15) is 5.10 Å². The number of rotatable bonds is 4. The summed E-state index contributed by atoms with van der Waals surface area (Å²) in [4.78, 5) is 17.0. The summed E-state index contributed by atoms with van der Waals surface area (Å²) in [6.45, 7) is 3.96. The molecule has 2 heterocycles. The second kappa shape index (κ2) is 7.67. The summed E-state index contributed by atoms with van der Waals surface area (Å²) >= 11 is 0. The lowest BCUT2D eigenvalue weighted by Gasteiger charge is -2.09. The normalized spacial score (nSPS) is 10.7. The van der Waals surface area contributed by atoms with Crippen LogP contribution in [0.1, 0.15) is 21.6 Å². The Kier molecular flexibility index (Phi) is 4.91. The van der Waals surface area contributed by atoms with Crippen molar-refractivity contribution in [2.24, 2.45) is 0 Å². The Labute approximate surface area is 167 Å². The van der Waals surface area contributed by atoms with Gasteiger partial charge in [0.2, 0.25) is 0 Å². The molecule has 0 aliphatic rings. The lowest BCUT2D eigenvalue weighted by molar-refractivity contribution is 0.102. The zero-order valence-corrected chi connectivity index (χ0v) is 16.1. The third kappa shape index (κ3) is 3.78. The van der Waals surface area contributed by atoms with Crippen LogP contribution in [0.2, 0.25) is 0 Å². The molecule has 2 aromatic carbocycles. The highest BCUT2D eigenvalue weighted by Gasteiger charge is 2.18. The number of carbonyl (C=O) groups is 1. The molecule has 0 unspecified atom stereocenters. The van der Waals surface area contributed by atoms with Gasteiger partial charge >= 0.3 is 0 Å². The van der Waals surface area contributed by atoms with Crippen LogP contribution in [0.4, 0.5) is 10.1 Å². The van der Waals surface area contributed by atoms with Gasteiger partial charge < -0.3 is 5.32 Å². The van der Waals surface area contributed by atoms with Crippen LogP contribution < -0.4 is 5.32 Å². The quantitative estimate of drug-likeness (QED) is 0.540. The van der Waals surface area contributed by atoms with Crippen LogP contribution in [0.15, 0.2) is 73.1 Å². The molecule has 0 fully saturated rings. The maximum Gasteiger partial charge on any atom is 0.276 e. The average Bonchev–Trinajstić information content (AvgIpc) is 3.18. The van der Waals surface area contributed by atoms with Crippen LogP contribution in [-0.4, -0.2) is 20.7 Å². The predicted octanol–water partition coefficient (Wildman–Crippen LogP) is 4.94. The Hall–Kier alpha value is -3.80. The number of nitrogens with one attached hydrogen (secondary N) is 1. The summed E-state index contributed by atoms with van der Waals surface area (Å²) < 4.78 is 15.0. The molecule has 0 bridgehead atoms. The van der Waals surface area contributed by atoms with Crippen molar-refractivity contribution in [1.82, 2.24) is 14.8 Å². The fourth-order valence-corrected chi connectivity index (χ4v) is 3.06. The van der Waals surface area contributed by atoms with Crippen molar-refractivity contribution in [3.05, 3.63) is 95.7 Å². The van der Waals surface area contributed by atoms with Crippen molar-refractivity contribution in [1.29, 1.82) is 0 Å². The number of halogens is 1. The molecule has 5 nitrogen and oxygen atoms in total. The smallest absolute Gasteiger partial charge is 0.276 e. The van der Waals surface area contributed by atoms with Crippen molar-refractivity contribution in [2.45, 2.75) is 13.8 Å². The van der Waals surface area contributed by atoms with E-state index in [1.807, 2.05) is 44.2 Å². The van der Waals surface area contributed by atoms with Crippen molar-refractivity contribution in [3.63, 3.8) is 0 Å². The summed E-state index contributed by atoms with van der Waals surface area (Å²) in [5.74, 6) is -0.651. The van der Waals surface area contributed by atoms with Crippen molar-refractivity contribution in [2.75, 3.05) is 5.32 Å². The molecule has 4 rings (SSSR count). The number of anilines is 1. The first-order valence-electron chi connectivity index (χ1n) is 9.17. The minimum atomic E-state index is -0.336.